The fraction of sp³-hybridized carbons (Fsp3) is 0.514. The first-order valence-electron chi connectivity index (χ1n) is 14.2. The zero-order valence-electron chi connectivity index (χ0n) is 25.0. The van der Waals surface area contributed by atoms with Gasteiger partial charge in [0.1, 0.15) is 0 Å². The van der Waals surface area contributed by atoms with E-state index in [1.807, 2.05) is 7.05 Å². The molecule has 3 aromatic carbocycles. The molecule has 2 nitrogen and oxygen atoms in total. The second-order valence-electron chi connectivity index (χ2n) is 10.7. The first-order valence-corrected chi connectivity index (χ1v) is 14.2. The van der Waals surface area contributed by atoms with Crippen molar-refractivity contribution in [3.63, 3.8) is 0 Å². The SMILES string of the molecule is C.C.CCCc1ccc(C)cc1.CNCC1CCC(C)CC1.CNc1ccc(C)cc1.Cc1ccc(C)cc1. The minimum atomic E-state index is 0. The van der Waals surface area contributed by atoms with Crippen molar-refractivity contribution < 1.29 is 0 Å². The summed E-state index contributed by atoms with van der Waals surface area (Å²) in [4.78, 5) is 0. The van der Waals surface area contributed by atoms with E-state index in [1.165, 1.54) is 78.6 Å². The molecule has 3 aromatic rings. The van der Waals surface area contributed by atoms with Gasteiger partial charge < -0.3 is 10.6 Å². The Labute approximate surface area is 244 Å². The van der Waals surface area contributed by atoms with Crippen molar-refractivity contribution in [1.82, 2.24) is 5.32 Å². The lowest BCUT2D eigenvalue weighted by Gasteiger charge is -2.25. The van der Waals surface area contributed by atoms with Crippen LogP contribution >= 0.6 is 0 Å². The van der Waals surface area contributed by atoms with Gasteiger partial charge in [0.25, 0.3) is 0 Å². The molecule has 0 amide bonds. The van der Waals surface area contributed by atoms with E-state index in [9.17, 15) is 0 Å². The Balaban J connectivity index is 0. The van der Waals surface area contributed by atoms with Gasteiger partial charge in [0.2, 0.25) is 0 Å². The van der Waals surface area contributed by atoms with Crippen LogP contribution in [0.2, 0.25) is 0 Å². The molecule has 1 saturated carbocycles. The van der Waals surface area contributed by atoms with E-state index in [0.29, 0.717) is 0 Å². The fourth-order valence-corrected chi connectivity index (χ4v) is 4.22. The van der Waals surface area contributed by atoms with Gasteiger partial charge in [-0.25, -0.2) is 0 Å². The summed E-state index contributed by atoms with van der Waals surface area (Å²) < 4.78 is 0. The molecule has 0 saturated heterocycles. The Morgan fingerprint density at radius 3 is 1.36 bits per heavy atom. The predicted molar refractivity (Wildman–Crippen MR) is 180 cm³/mol. The van der Waals surface area contributed by atoms with Crippen LogP contribution in [0.1, 0.15) is 88.6 Å². The number of hydrogen-bond acceptors (Lipinski definition) is 2. The topological polar surface area (TPSA) is 24.1 Å². The molecule has 0 atom stereocenters. The first-order chi connectivity index (χ1) is 17.8. The summed E-state index contributed by atoms with van der Waals surface area (Å²) in [6, 6.07) is 25.5. The van der Waals surface area contributed by atoms with Crippen molar-refractivity contribution in [1.29, 1.82) is 0 Å². The summed E-state index contributed by atoms with van der Waals surface area (Å²) in [5.74, 6) is 1.97. The summed E-state index contributed by atoms with van der Waals surface area (Å²) in [5.41, 5.74) is 7.92. The van der Waals surface area contributed by atoms with E-state index in [-0.39, 0.29) is 14.9 Å². The Kier molecular flexibility index (Phi) is 23.1. The second-order valence-corrected chi connectivity index (χ2v) is 10.7. The summed E-state index contributed by atoms with van der Waals surface area (Å²) in [5, 5.41) is 6.31. The zero-order valence-corrected chi connectivity index (χ0v) is 25.0. The molecule has 0 unspecified atom stereocenters. The summed E-state index contributed by atoms with van der Waals surface area (Å²) in [6.45, 7) is 14.2. The molecule has 0 spiro atoms. The van der Waals surface area contributed by atoms with Gasteiger partial charge in [-0.15, -0.1) is 0 Å². The summed E-state index contributed by atoms with van der Waals surface area (Å²) in [6.07, 6.45) is 8.24. The van der Waals surface area contributed by atoms with Gasteiger partial charge in [-0.05, 0) is 90.1 Å². The fourth-order valence-electron chi connectivity index (χ4n) is 4.22. The number of rotatable bonds is 5. The minimum Gasteiger partial charge on any atom is -0.388 e. The number of anilines is 1. The number of hydrogen-bond donors (Lipinski definition) is 2. The third-order valence-electron chi connectivity index (χ3n) is 6.85. The molecule has 0 aromatic heterocycles. The number of benzene rings is 3. The van der Waals surface area contributed by atoms with Crippen molar-refractivity contribution in [2.45, 2.75) is 94.9 Å². The Morgan fingerprint density at radius 2 is 1.00 bits per heavy atom. The lowest BCUT2D eigenvalue weighted by molar-refractivity contribution is 0.286. The molecular formula is C37H62N2. The van der Waals surface area contributed by atoms with Crippen LogP contribution in [0.25, 0.3) is 0 Å². The highest BCUT2D eigenvalue weighted by Gasteiger charge is 2.16. The number of aryl methyl sites for hydroxylation is 5. The zero-order chi connectivity index (χ0) is 27.5. The molecule has 1 aliphatic rings. The van der Waals surface area contributed by atoms with Gasteiger partial charge in [-0.3, -0.25) is 0 Å². The Morgan fingerprint density at radius 1 is 0.615 bits per heavy atom. The summed E-state index contributed by atoms with van der Waals surface area (Å²) >= 11 is 0. The largest absolute Gasteiger partial charge is 0.388 e. The van der Waals surface area contributed by atoms with Crippen LogP contribution in [0, 0.1) is 39.5 Å². The van der Waals surface area contributed by atoms with E-state index in [2.05, 4.69) is 132 Å². The maximum Gasteiger partial charge on any atom is 0.0337 e. The van der Waals surface area contributed by atoms with Crippen molar-refractivity contribution in [2.75, 3.05) is 26.0 Å². The van der Waals surface area contributed by atoms with Crippen LogP contribution < -0.4 is 10.6 Å². The maximum atomic E-state index is 3.25. The average molecular weight is 535 g/mol. The molecule has 39 heavy (non-hydrogen) atoms. The Bertz CT molecular complexity index is 898. The van der Waals surface area contributed by atoms with Crippen LogP contribution in [-0.2, 0) is 6.42 Å². The molecule has 0 heterocycles. The smallest absolute Gasteiger partial charge is 0.0337 e. The lowest BCUT2D eigenvalue weighted by Crippen LogP contribution is -2.22. The molecule has 220 valence electrons. The second kappa shape index (κ2) is 23.3. The normalized spacial score (nSPS) is 15.3. The molecule has 2 heteroatoms. The standard InChI is InChI=1S/C10H14.C9H19N.C8H11N.C8H10.2CH4/c1-3-4-10-7-5-9(2)6-8-10;1-8-3-5-9(6-4-8)7-10-2;1-7-3-5-8(9-2)6-4-7;1-7-3-5-8(2)6-4-7;;/h5-8H,3-4H2,1-2H3;8-10H,3-7H2,1-2H3;3-6,9H,1-2H3;3-6H,1-2H3;2*1H4. The minimum absolute atomic E-state index is 0. The van der Waals surface area contributed by atoms with Crippen molar-refractivity contribution >= 4 is 5.69 Å². The van der Waals surface area contributed by atoms with Crippen molar-refractivity contribution in [3.05, 3.63) is 101 Å². The molecular weight excluding hydrogens is 472 g/mol. The van der Waals surface area contributed by atoms with Crippen molar-refractivity contribution in [2.24, 2.45) is 11.8 Å². The monoisotopic (exact) mass is 534 g/mol. The van der Waals surface area contributed by atoms with Crippen LogP contribution in [-0.4, -0.2) is 20.6 Å². The van der Waals surface area contributed by atoms with Gasteiger partial charge in [-0.1, -0.05) is 131 Å². The maximum absolute atomic E-state index is 3.25. The third kappa shape index (κ3) is 19.2. The predicted octanol–water partition coefficient (Wildman–Crippen LogP) is 10.6. The van der Waals surface area contributed by atoms with Crippen LogP contribution in [0.3, 0.4) is 0 Å². The van der Waals surface area contributed by atoms with Gasteiger partial charge in [0.15, 0.2) is 0 Å². The summed E-state index contributed by atoms with van der Waals surface area (Å²) in [7, 11) is 3.97. The van der Waals surface area contributed by atoms with E-state index in [4.69, 9.17) is 0 Å². The molecule has 4 rings (SSSR count). The van der Waals surface area contributed by atoms with Crippen molar-refractivity contribution in [3.8, 4) is 0 Å². The Hall–Kier alpha value is -2.58. The van der Waals surface area contributed by atoms with Gasteiger partial charge in [0, 0.05) is 12.7 Å². The lowest BCUT2D eigenvalue weighted by atomic mass is 9.83. The van der Waals surface area contributed by atoms with Gasteiger partial charge >= 0.3 is 0 Å². The van der Waals surface area contributed by atoms with Crippen LogP contribution in [0.5, 0.6) is 0 Å². The van der Waals surface area contributed by atoms with E-state index in [1.54, 1.807) is 0 Å². The highest BCUT2D eigenvalue weighted by atomic mass is 14.8. The van der Waals surface area contributed by atoms with Crippen LogP contribution in [0.15, 0.2) is 72.8 Å². The van der Waals surface area contributed by atoms with E-state index in [0.717, 1.165) is 11.8 Å². The molecule has 1 aliphatic carbocycles. The average Bonchev–Trinajstić information content (AvgIpc) is 2.90. The van der Waals surface area contributed by atoms with Gasteiger partial charge in [0.05, 0.1) is 0 Å². The third-order valence-corrected chi connectivity index (χ3v) is 6.85. The van der Waals surface area contributed by atoms with Gasteiger partial charge in [-0.2, -0.15) is 0 Å². The highest BCUT2D eigenvalue weighted by Crippen LogP contribution is 2.27. The van der Waals surface area contributed by atoms with E-state index >= 15 is 0 Å². The first kappa shape index (κ1) is 38.6. The highest BCUT2D eigenvalue weighted by molar-refractivity contribution is 5.43. The molecule has 0 radical (unpaired) electrons. The van der Waals surface area contributed by atoms with E-state index < -0.39 is 0 Å². The molecule has 0 bridgehead atoms. The number of nitrogens with one attached hydrogen (secondary N) is 2. The molecule has 0 aliphatic heterocycles. The molecule has 1 fully saturated rings. The van der Waals surface area contributed by atoms with Crippen LogP contribution in [0.4, 0.5) is 5.69 Å². The quantitative estimate of drug-likeness (QED) is 0.340. The molecule has 2 N–H and O–H groups in total.